The van der Waals surface area contributed by atoms with Gasteiger partial charge in [-0.2, -0.15) is 0 Å². The topological polar surface area (TPSA) is 133 Å². The average molecular weight is 576 g/mol. The lowest BCUT2D eigenvalue weighted by Crippen LogP contribution is -2.26. The highest BCUT2D eigenvalue weighted by molar-refractivity contribution is 6.69. The number of pyridine rings is 1. The van der Waals surface area contributed by atoms with Crippen LogP contribution in [-0.2, 0) is 4.43 Å². The first kappa shape index (κ1) is 31.4. The molecule has 3 rings (SSSR count). The first-order chi connectivity index (χ1) is 19.2. The van der Waals surface area contributed by atoms with Gasteiger partial charge in [-0.3, -0.25) is 30.2 Å². The molecule has 41 heavy (non-hydrogen) atoms. The van der Waals surface area contributed by atoms with Gasteiger partial charge < -0.3 is 4.43 Å². The van der Waals surface area contributed by atoms with Gasteiger partial charge in [-0.1, -0.05) is 6.07 Å². The van der Waals surface area contributed by atoms with E-state index in [0.717, 1.165) is 12.1 Å². The Bertz CT molecular complexity index is 1500. The van der Waals surface area contributed by atoms with Gasteiger partial charge in [-0.25, -0.2) is 4.98 Å². The highest BCUT2D eigenvalue weighted by Crippen LogP contribution is 2.31. The minimum absolute atomic E-state index is 0.0347. The van der Waals surface area contributed by atoms with E-state index < -0.39 is 18.2 Å². The monoisotopic (exact) mass is 575 g/mol. The summed E-state index contributed by atoms with van der Waals surface area (Å²) in [5.74, 6) is 0. The van der Waals surface area contributed by atoms with Gasteiger partial charge in [0.1, 0.15) is 0 Å². The fourth-order valence-electron chi connectivity index (χ4n) is 4.45. The molecule has 0 saturated carbocycles. The van der Waals surface area contributed by atoms with Gasteiger partial charge in [0.2, 0.25) is 0 Å². The van der Waals surface area contributed by atoms with E-state index >= 15 is 0 Å². The lowest BCUT2D eigenvalue weighted by atomic mass is 10.1. The van der Waals surface area contributed by atoms with Gasteiger partial charge in [0.25, 0.3) is 11.4 Å². The molecule has 0 aliphatic rings. The molecule has 2 aromatic carbocycles. The van der Waals surface area contributed by atoms with Crippen molar-refractivity contribution in [1.29, 1.82) is 0 Å². The fraction of sp³-hybridized carbons (Fsp3) is 0.367. The molecule has 11 heteroatoms. The second-order valence-electron chi connectivity index (χ2n) is 11.1. The molecule has 0 bridgehead atoms. The Morgan fingerprint density at radius 2 is 1.29 bits per heavy atom. The van der Waals surface area contributed by atoms with E-state index in [4.69, 9.17) is 19.4 Å². The minimum atomic E-state index is -1.67. The Morgan fingerprint density at radius 1 is 0.829 bits per heavy atom. The van der Waals surface area contributed by atoms with Crippen LogP contribution in [-0.4, -0.2) is 41.2 Å². The molecule has 216 valence electrons. The maximum atomic E-state index is 11.3. The molecule has 0 aliphatic carbocycles. The minimum Gasteiger partial charge on any atom is -0.418 e. The maximum absolute atomic E-state index is 11.3. The summed E-state index contributed by atoms with van der Waals surface area (Å²) >= 11 is 0. The summed E-state index contributed by atoms with van der Waals surface area (Å²) in [4.78, 5) is 36.4. The zero-order valence-corrected chi connectivity index (χ0v) is 25.9. The van der Waals surface area contributed by atoms with E-state index in [-0.39, 0.29) is 11.4 Å². The number of nitro groups is 2. The van der Waals surface area contributed by atoms with Gasteiger partial charge in [0, 0.05) is 30.9 Å². The third-order valence-corrected chi connectivity index (χ3v) is 7.48. The van der Waals surface area contributed by atoms with Crippen molar-refractivity contribution in [3.63, 3.8) is 0 Å². The standard InChI is InChI=1S/C30H37N5O5Si/c1-19-15-24(34(36)37)16-20(2)29(19)31-23(5)26-11-9-12-27(32-26)28(13-10-14-40-41(6,7)8)33-30-21(3)17-25(35(38)39)18-22(30)4/h9,11-12,15-18H,10,13-14H2,1-8H3. The molecule has 0 atom stereocenters. The van der Waals surface area contributed by atoms with Crippen molar-refractivity contribution in [3.05, 3.63) is 96.3 Å². The van der Waals surface area contributed by atoms with Crippen molar-refractivity contribution in [2.75, 3.05) is 6.61 Å². The third-order valence-electron chi connectivity index (χ3n) is 6.41. The lowest BCUT2D eigenvalue weighted by molar-refractivity contribution is -0.385. The van der Waals surface area contributed by atoms with Crippen LogP contribution in [0.5, 0.6) is 0 Å². The van der Waals surface area contributed by atoms with Gasteiger partial charge in [-0.15, -0.1) is 0 Å². The largest absolute Gasteiger partial charge is 0.418 e. The third kappa shape index (κ3) is 8.45. The number of nitro benzene ring substituents is 2. The Hall–Kier alpha value is -4.09. The molecule has 10 nitrogen and oxygen atoms in total. The summed E-state index contributed by atoms with van der Waals surface area (Å²) in [6, 6.07) is 11.8. The summed E-state index contributed by atoms with van der Waals surface area (Å²) in [6.45, 7) is 16.1. The van der Waals surface area contributed by atoms with Crippen molar-refractivity contribution in [2.45, 2.75) is 67.1 Å². The number of rotatable bonds is 11. The summed E-state index contributed by atoms with van der Waals surface area (Å²) in [7, 11) is -1.67. The van der Waals surface area contributed by atoms with Crippen molar-refractivity contribution in [2.24, 2.45) is 9.98 Å². The van der Waals surface area contributed by atoms with Crippen molar-refractivity contribution in [3.8, 4) is 0 Å². The summed E-state index contributed by atoms with van der Waals surface area (Å²) < 4.78 is 6.06. The molecule has 0 aliphatic heterocycles. The van der Waals surface area contributed by atoms with Crippen LogP contribution in [0.25, 0.3) is 0 Å². The van der Waals surface area contributed by atoms with E-state index in [9.17, 15) is 20.2 Å². The highest BCUT2D eigenvalue weighted by atomic mass is 28.4. The molecule has 3 aromatic rings. The summed E-state index contributed by atoms with van der Waals surface area (Å²) in [6.07, 6.45) is 1.35. The van der Waals surface area contributed by atoms with E-state index in [1.807, 2.05) is 39.0 Å². The summed E-state index contributed by atoms with van der Waals surface area (Å²) in [5, 5.41) is 22.6. The number of nitrogens with zero attached hydrogens (tertiary/aromatic N) is 5. The molecular formula is C30H37N5O5Si. The molecule has 0 amide bonds. The number of aromatic nitrogens is 1. The number of aliphatic imine (C=N–C) groups is 2. The number of aryl methyl sites for hydroxylation is 4. The van der Waals surface area contributed by atoms with Gasteiger partial charge >= 0.3 is 0 Å². The SMILES string of the molecule is CC(=Nc1c(C)cc([N+](=O)[O-])cc1C)c1cccc(C(CCCO[Si](C)(C)C)=Nc2c(C)cc([N+](=O)[O-])cc2C)n1. The quantitative estimate of drug-likeness (QED) is 0.0747. The number of non-ortho nitro benzene ring substituents is 2. The van der Waals surface area contributed by atoms with Crippen LogP contribution in [0.15, 0.2) is 52.4 Å². The van der Waals surface area contributed by atoms with Crippen LogP contribution >= 0.6 is 0 Å². The molecule has 0 saturated heterocycles. The molecule has 0 N–H and O–H groups in total. The highest BCUT2D eigenvalue weighted by Gasteiger charge is 2.17. The van der Waals surface area contributed by atoms with E-state index in [0.29, 0.717) is 63.8 Å². The number of hydrogen-bond acceptors (Lipinski definition) is 8. The smallest absolute Gasteiger partial charge is 0.270 e. The Morgan fingerprint density at radius 3 is 1.76 bits per heavy atom. The van der Waals surface area contributed by atoms with Crippen molar-refractivity contribution in [1.82, 2.24) is 4.98 Å². The molecule has 0 spiro atoms. The number of benzene rings is 2. The van der Waals surface area contributed by atoms with Crippen molar-refractivity contribution >= 4 is 42.5 Å². The lowest BCUT2D eigenvalue weighted by Gasteiger charge is -2.17. The molecule has 0 radical (unpaired) electrons. The van der Waals surface area contributed by atoms with E-state index in [1.54, 1.807) is 13.8 Å². The Labute approximate surface area is 241 Å². The molecule has 1 aromatic heterocycles. The van der Waals surface area contributed by atoms with Gasteiger partial charge in [0.15, 0.2) is 8.32 Å². The molecule has 0 fully saturated rings. The Balaban J connectivity index is 2.04. The van der Waals surface area contributed by atoms with Crippen LogP contribution in [0.2, 0.25) is 19.6 Å². The average Bonchev–Trinajstić information content (AvgIpc) is 2.88. The first-order valence-electron chi connectivity index (χ1n) is 13.4. The summed E-state index contributed by atoms with van der Waals surface area (Å²) in [5.41, 5.74) is 7.03. The number of hydrogen-bond donors (Lipinski definition) is 0. The van der Waals surface area contributed by atoms with Gasteiger partial charge in [0.05, 0.1) is 44.0 Å². The molecule has 1 heterocycles. The predicted molar refractivity (Wildman–Crippen MR) is 166 cm³/mol. The van der Waals surface area contributed by atoms with Crippen LogP contribution in [0.3, 0.4) is 0 Å². The van der Waals surface area contributed by atoms with E-state index in [1.165, 1.54) is 24.3 Å². The fourth-order valence-corrected chi connectivity index (χ4v) is 5.20. The predicted octanol–water partition coefficient (Wildman–Crippen LogP) is 8.02. The maximum Gasteiger partial charge on any atom is 0.270 e. The second kappa shape index (κ2) is 13.0. The van der Waals surface area contributed by atoms with Gasteiger partial charge in [-0.05, 0) is 101 Å². The van der Waals surface area contributed by atoms with Crippen molar-refractivity contribution < 1.29 is 14.3 Å². The Kier molecular flexibility index (Phi) is 10.0. The van der Waals surface area contributed by atoms with Crippen LogP contribution in [0.1, 0.15) is 53.4 Å². The van der Waals surface area contributed by atoms with Crippen LogP contribution in [0.4, 0.5) is 22.7 Å². The van der Waals surface area contributed by atoms with Crippen LogP contribution in [0, 0.1) is 47.9 Å². The normalized spacial score (nSPS) is 12.5. The second-order valence-corrected chi connectivity index (χ2v) is 15.6. The zero-order valence-electron chi connectivity index (χ0n) is 24.9. The zero-order chi connectivity index (χ0) is 30.5. The molecule has 0 unspecified atom stereocenters. The molecular weight excluding hydrogens is 538 g/mol. The first-order valence-corrected chi connectivity index (χ1v) is 16.8. The van der Waals surface area contributed by atoms with Crippen LogP contribution < -0.4 is 0 Å². The van der Waals surface area contributed by atoms with E-state index in [2.05, 4.69) is 19.6 Å².